The second-order valence-electron chi connectivity index (χ2n) is 5.11. The molecule has 2 aromatic rings. The van der Waals surface area contributed by atoms with Crippen LogP contribution in [0.1, 0.15) is 15.2 Å². The number of Topliss-reactive ketones (excluding diaryl/α,β-unsaturated/α-hetero) is 1. The topological polar surface area (TPSA) is 144 Å². The van der Waals surface area contributed by atoms with Crippen molar-refractivity contribution in [2.24, 2.45) is 0 Å². The molecule has 1 aromatic carbocycles. The highest BCUT2D eigenvalue weighted by atomic mass is 32.1. The highest BCUT2D eigenvalue weighted by Gasteiger charge is 2.20. The maximum absolute atomic E-state index is 12.1. The van der Waals surface area contributed by atoms with Gasteiger partial charge < -0.3 is 10.6 Å². The van der Waals surface area contributed by atoms with Crippen molar-refractivity contribution >= 4 is 34.5 Å². The number of ketones is 1. The SMILES string of the molecule is O=C(NCCc1cccs1)NCC(=O)c1cc([N+](=O)[O-])cc([N+](=O)[O-])c1. The summed E-state index contributed by atoms with van der Waals surface area (Å²) in [6.45, 7) is -0.0635. The van der Waals surface area contributed by atoms with Crippen molar-refractivity contribution in [3.63, 3.8) is 0 Å². The molecule has 136 valence electrons. The molecule has 0 atom stereocenters. The fourth-order valence-electron chi connectivity index (χ4n) is 2.05. The second-order valence-corrected chi connectivity index (χ2v) is 6.15. The monoisotopic (exact) mass is 378 g/mol. The summed E-state index contributed by atoms with van der Waals surface area (Å²) in [6.07, 6.45) is 0.649. The molecular formula is C15H14N4O6S. The zero-order valence-electron chi connectivity index (χ0n) is 13.3. The minimum absolute atomic E-state index is 0.218. The van der Waals surface area contributed by atoms with E-state index in [1.54, 1.807) is 11.3 Å². The Morgan fingerprint density at radius 1 is 1.04 bits per heavy atom. The van der Waals surface area contributed by atoms with Crippen molar-refractivity contribution in [1.29, 1.82) is 0 Å². The molecule has 0 aliphatic heterocycles. The molecule has 0 bridgehead atoms. The summed E-state index contributed by atoms with van der Waals surface area (Å²) in [5.74, 6) is -0.676. The molecule has 0 saturated heterocycles. The van der Waals surface area contributed by atoms with Gasteiger partial charge in [-0.2, -0.15) is 0 Å². The second kappa shape index (κ2) is 8.67. The summed E-state index contributed by atoms with van der Waals surface area (Å²) in [5, 5.41) is 28.5. The molecular weight excluding hydrogens is 364 g/mol. The van der Waals surface area contributed by atoms with E-state index >= 15 is 0 Å². The summed E-state index contributed by atoms with van der Waals surface area (Å²) < 4.78 is 0. The lowest BCUT2D eigenvalue weighted by molar-refractivity contribution is -0.394. The van der Waals surface area contributed by atoms with Crippen molar-refractivity contribution < 1.29 is 19.4 Å². The zero-order chi connectivity index (χ0) is 19.1. The van der Waals surface area contributed by atoms with Gasteiger partial charge in [0.15, 0.2) is 5.78 Å². The average Bonchev–Trinajstić information content (AvgIpc) is 3.12. The Balaban J connectivity index is 1.91. The first kappa shape index (κ1) is 19.0. The van der Waals surface area contributed by atoms with E-state index in [-0.39, 0.29) is 5.56 Å². The number of urea groups is 1. The molecule has 2 rings (SSSR count). The van der Waals surface area contributed by atoms with Crippen LogP contribution in [0, 0.1) is 20.2 Å². The number of amides is 2. The number of non-ortho nitro benzene ring substituents is 2. The minimum atomic E-state index is -0.825. The molecule has 0 aliphatic carbocycles. The molecule has 2 amide bonds. The Labute approximate surface area is 151 Å². The molecule has 0 spiro atoms. The van der Waals surface area contributed by atoms with Crippen molar-refractivity contribution in [2.75, 3.05) is 13.1 Å². The van der Waals surface area contributed by atoms with Crippen LogP contribution in [0.25, 0.3) is 0 Å². The summed E-state index contributed by atoms with van der Waals surface area (Å²) in [4.78, 5) is 44.8. The van der Waals surface area contributed by atoms with Gasteiger partial charge >= 0.3 is 6.03 Å². The average molecular weight is 378 g/mol. The van der Waals surface area contributed by atoms with Gasteiger partial charge in [-0.15, -0.1) is 11.3 Å². The Hall–Kier alpha value is -3.34. The highest BCUT2D eigenvalue weighted by molar-refractivity contribution is 7.09. The van der Waals surface area contributed by atoms with Gasteiger partial charge in [0.2, 0.25) is 0 Å². The molecule has 2 N–H and O–H groups in total. The fraction of sp³-hybridized carbons (Fsp3) is 0.200. The first-order valence-corrected chi connectivity index (χ1v) is 8.26. The molecule has 1 aromatic heterocycles. The number of nitro benzene ring substituents is 2. The first-order valence-electron chi connectivity index (χ1n) is 7.38. The van der Waals surface area contributed by atoms with Crippen LogP contribution in [-0.4, -0.2) is 34.8 Å². The maximum atomic E-state index is 12.1. The number of carbonyl (C=O) groups is 2. The fourth-order valence-corrected chi connectivity index (χ4v) is 2.76. The van der Waals surface area contributed by atoms with Crippen LogP contribution >= 0.6 is 11.3 Å². The number of hydrogen-bond donors (Lipinski definition) is 2. The zero-order valence-corrected chi connectivity index (χ0v) is 14.2. The van der Waals surface area contributed by atoms with Gasteiger partial charge in [0, 0.05) is 29.1 Å². The lowest BCUT2D eigenvalue weighted by atomic mass is 10.1. The number of thiophene rings is 1. The minimum Gasteiger partial charge on any atom is -0.338 e. The molecule has 0 saturated carbocycles. The van der Waals surface area contributed by atoms with Crippen LogP contribution in [0.15, 0.2) is 35.7 Å². The number of hydrogen-bond acceptors (Lipinski definition) is 7. The maximum Gasteiger partial charge on any atom is 0.315 e. The number of nitrogens with one attached hydrogen (secondary N) is 2. The van der Waals surface area contributed by atoms with Gasteiger partial charge in [-0.05, 0) is 17.9 Å². The van der Waals surface area contributed by atoms with Crippen LogP contribution in [0.4, 0.5) is 16.2 Å². The van der Waals surface area contributed by atoms with Crippen LogP contribution in [0.3, 0.4) is 0 Å². The Bertz CT molecular complexity index is 804. The number of nitrogens with zero attached hydrogens (tertiary/aromatic N) is 2. The number of benzene rings is 1. The lowest BCUT2D eigenvalue weighted by Crippen LogP contribution is -2.39. The Kier molecular flexibility index (Phi) is 6.33. The van der Waals surface area contributed by atoms with Gasteiger partial charge in [0.05, 0.1) is 22.5 Å². The summed E-state index contributed by atoms with van der Waals surface area (Å²) in [7, 11) is 0. The molecule has 0 aliphatic rings. The van der Waals surface area contributed by atoms with Crippen LogP contribution in [0.5, 0.6) is 0 Å². The Morgan fingerprint density at radius 3 is 2.23 bits per heavy atom. The van der Waals surface area contributed by atoms with Crippen LogP contribution < -0.4 is 10.6 Å². The molecule has 0 unspecified atom stereocenters. The predicted octanol–water partition coefficient (Wildman–Crippen LogP) is 2.29. The van der Waals surface area contributed by atoms with E-state index < -0.39 is 39.6 Å². The van der Waals surface area contributed by atoms with Gasteiger partial charge in [0.25, 0.3) is 11.4 Å². The standard InChI is InChI=1S/C15H14N4O6S/c20-14(9-17-15(21)16-4-3-13-2-1-5-26-13)10-6-11(18(22)23)8-12(7-10)19(24)25/h1-2,5-8H,3-4,9H2,(H2,16,17,21). The first-order chi connectivity index (χ1) is 12.4. The molecule has 11 heteroatoms. The largest absolute Gasteiger partial charge is 0.338 e. The number of rotatable bonds is 8. The van der Waals surface area contributed by atoms with Gasteiger partial charge in [0.1, 0.15) is 0 Å². The quantitative estimate of drug-likeness (QED) is 0.409. The predicted molar refractivity (Wildman–Crippen MR) is 93.5 cm³/mol. The molecule has 26 heavy (non-hydrogen) atoms. The highest BCUT2D eigenvalue weighted by Crippen LogP contribution is 2.22. The van der Waals surface area contributed by atoms with E-state index in [0.717, 1.165) is 23.1 Å². The van der Waals surface area contributed by atoms with Crippen LogP contribution in [-0.2, 0) is 6.42 Å². The van der Waals surface area contributed by atoms with Crippen LogP contribution in [0.2, 0.25) is 0 Å². The molecule has 0 radical (unpaired) electrons. The normalized spacial score (nSPS) is 10.2. The van der Waals surface area contributed by atoms with E-state index in [0.29, 0.717) is 13.0 Å². The Morgan fingerprint density at radius 2 is 1.69 bits per heavy atom. The summed E-state index contributed by atoms with van der Waals surface area (Å²) in [5.41, 5.74) is -1.35. The van der Waals surface area contributed by atoms with E-state index in [4.69, 9.17) is 0 Å². The molecule has 10 nitrogen and oxygen atoms in total. The summed E-state index contributed by atoms with van der Waals surface area (Å²) in [6, 6.07) is 5.90. The van der Waals surface area contributed by atoms with Crippen molar-refractivity contribution in [3.8, 4) is 0 Å². The number of carbonyl (C=O) groups excluding carboxylic acids is 2. The van der Waals surface area contributed by atoms with E-state index in [1.165, 1.54) is 0 Å². The smallest absolute Gasteiger partial charge is 0.315 e. The van der Waals surface area contributed by atoms with E-state index in [1.807, 2.05) is 17.5 Å². The van der Waals surface area contributed by atoms with E-state index in [2.05, 4.69) is 10.6 Å². The lowest BCUT2D eigenvalue weighted by Gasteiger charge is -2.07. The third-order valence-electron chi connectivity index (χ3n) is 3.29. The van der Waals surface area contributed by atoms with Crippen molar-refractivity contribution in [1.82, 2.24) is 10.6 Å². The molecule has 1 heterocycles. The van der Waals surface area contributed by atoms with Gasteiger partial charge in [-0.25, -0.2) is 4.79 Å². The van der Waals surface area contributed by atoms with E-state index in [9.17, 15) is 29.8 Å². The third kappa shape index (κ3) is 5.34. The van der Waals surface area contributed by atoms with Gasteiger partial charge in [-0.3, -0.25) is 25.0 Å². The van der Waals surface area contributed by atoms with Crippen molar-refractivity contribution in [2.45, 2.75) is 6.42 Å². The van der Waals surface area contributed by atoms with Gasteiger partial charge in [-0.1, -0.05) is 6.07 Å². The van der Waals surface area contributed by atoms with Crippen molar-refractivity contribution in [3.05, 3.63) is 66.4 Å². The number of nitro groups is 2. The molecule has 0 fully saturated rings. The third-order valence-corrected chi connectivity index (χ3v) is 4.23. The summed E-state index contributed by atoms with van der Waals surface area (Å²) >= 11 is 1.56.